The molecule has 3 rings (SSSR count). The smallest absolute Gasteiger partial charge is 0.119 e. The average molecular weight is 368 g/mol. The van der Waals surface area contributed by atoms with E-state index in [1.54, 1.807) is 7.11 Å². The van der Waals surface area contributed by atoms with Crippen molar-refractivity contribution in [1.29, 1.82) is 0 Å². The topological polar surface area (TPSA) is 30.5 Å². The van der Waals surface area contributed by atoms with Crippen LogP contribution in [0.1, 0.15) is 49.8 Å². The molecule has 3 heteroatoms. The molecular formula is C24H33NO2. The summed E-state index contributed by atoms with van der Waals surface area (Å²) in [6.45, 7) is 9.27. The first-order valence-corrected chi connectivity index (χ1v) is 9.97. The molecule has 27 heavy (non-hydrogen) atoms. The Hall–Kier alpha value is -1.84. The van der Waals surface area contributed by atoms with Gasteiger partial charge in [0.1, 0.15) is 5.75 Å². The zero-order valence-corrected chi connectivity index (χ0v) is 17.2. The fourth-order valence-corrected chi connectivity index (χ4v) is 4.33. The van der Waals surface area contributed by atoms with E-state index in [1.807, 2.05) is 12.1 Å². The molecule has 2 aromatic carbocycles. The van der Waals surface area contributed by atoms with E-state index >= 15 is 0 Å². The molecule has 1 unspecified atom stereocenters. The summed E-state index contributed by atoms with van der Waals surface area (Å²) in [5.41, 5.74) is 4.13. The van der Waals surface area contributed by atoms with E-state index in [-0.39, 0.29) is 11.0 Å². The number of hydrogen-bond donors (Lipinski definition) is 1. The summed E-state index contributed by atoms with van der Waals surface area (Å²) in [6.07, 6.45) is 3.26. The monoisotopic (exact) mass is 367 g/mol. The third kappa shape index (κ3) is 5.12. The Morgan fingerprint density at radius 2 is 1.89 bits per heavy atom. The van der Waals surface area contributed by atoms with Crippen molar-refractivity contribution in [1.82, 2.24) is 5.32 Å². The minimum atomic E-state index is -0.0735. The van der Waals surface area contributed by atoms with Gasteiger partial charge in [-0.1, -0.05) is 42.0 Å². The molecule has 1 atom stereocenters. The molecule has 0 aromatic heterocycles. The van der Waals surface area contributed by atoms with Gasteiger partial charge in [-0.2, -0.15) is 0 Å². The Morgan fingerprint density at radius 1 is 1.11 bits per heavy atom. The number of ether oxygens (including phenoxy) is 2. The van der Waals surface area contributed by atoms with E-state index in [0.29, 0.717) is 0 Å². The summed E-state index contributed by atoms with van der Waals surface area (Å²) in [5.74, 6) is 0.914. The lowest BCUT2D eigenvalue weighted by Crippen LogP contribution is -2.45. The zero-order valence-electron chi connectivity index (χ0n) is 17.2. The van der Waals surface area contributed by atoms with E-state index in [4.69, 9.17) is 9.47 Å². The number of nitrogens with one attached hydrogen (secondary N) is 1. The molecular weight excluding hydrogens is 334 g/mol. The van der Waals surface area contributed by atoms with Crippen molar-refractivity contribution in [2.45, 2.75) is 57.6 Å². The van der Waals surface area contributed by atoms with Gasteiger partial charge in [-0.25, -0.2) is 0 Å². The van der Waals surface area contributed by atoms with Crippen LogP contribution in [0.5, 0.6) is 5.75 Å². The van der Waals surface area contributed by atoms with E-state index in [9.17, 15) is 0 Å². The molecule has 0 radical (unpaired) electrons. The van der Waals surface area contributed by atoms with Gasteiger partial charge < -0.3 is 14.8 Å². The normalized spacial score (nSPS) is 21.8. The number of methoxy groups -OCH3 is 1. The summed E-state index contributed by atoms with van der Waals surface area (Å²) in [5, 5.41) is 3.64. The van der Waals surface area contributed by atoms with Gasteiger partial charge in [-0.15, -0.1) is 0 Å². The van der Waals surface area contributed by atoms with Gasteiger partial charge in [-0.05, 0) is 69.8 Å². The quantitative estimate of drug-likeness (QED) is 0.698. The number of aryl methyl sites for hydroxylation is 1. The number of hydrogen-bond acceptors (Lipinski definition) is 3. The van der Waals surface area contributed by atoms with Crippen molar-refractivity contribution in [3.05, 3.63) is 65.2 Å². The second-order valence-corrected chi connectivity index (χ2v) is 8.46. The first-order chi connectivity index (χ1) is 12.9. The van der Waals surface area contributed by atoms with Crippen molar-refractivity contribution in [3.8, 4) is 5.75 Å². The maximum Gasteiger partial charge on any atom is 0.119 e. The number of rotatable bonds is 7. The first kappa shape index (κ1) is 19.9. The molecule has 0 saturated carbocycles. The fraction of sp³-hybridized carbons (Fsp3) is 0.500. The maximum atomic E-state index is 6.03. The van der Waals surface area contributed by atoms with Gasteiger partial charge in [0, 0.05) is 18.6 Å². The van der Waals surface area contributed by atoms with Crippen LogP contribution in [0.15, 0.2) is 48.5 Å². The van der Waals surface area contributed by atoms with Crippen molar-refractivity contribution in [2.24, 2.45) is 0 Å². The molecule has 1 saturated heterocycles. The summed E-state index contributed by atoms with van der Waals surface area (Å²) >= 11 is 0. The second-order valence-electron chi connectivity index (χ2n) is 8.46. The van der Waals surface area contributed by atoms with Crippen LogP contribution in [-0.2, 0) is 16.7 Å². The average Bonchev–Trinajstić information content (AvgIpc) is 2.65. The second kappa shape index (κ2) is 8.45. The van der Waals surface area contributed by atoms with Gasteiger partial charge in [0.2, 0.25) is 0 Å². The van der Waals surface area contributed by atoms with Gasteiger partial charge in [-0.3, -0.25) is 0 Å². The van der Waals surface area contributed by atoms with Crippen molar-refractivity contribution in [3.63, 3.8) is 0 Å². The molecule has 1 aliphatic rings. The highest BCUT2D eigenvalue weighted by Crippen LogP contribution is 2.43. The Bertz CT molecular complexity index is 738. The molecule has 0 spiro atoms. The van der Waals surface area contributed by atoms with Crippen LogP contribution in [0.2, 0.25) is 0 Å². The Balaban J connectivity index is 1.67. The Kier molecular flexibility index (Phi) is 6.23. The lowest BCUT2D eigenvalue weighted by atomic mass is 9.67. The van der Waals surface area contributed by atoms with Gasteiger partial charge >= 0.3 is 0 Å². The van der Waals surface area contributed by atoms with Crippen LogP contribution in [0.3, 0.4) is 0 Å². The first-order valence-electron chi connectivity index (χ1n) is 9.97. The molecule has 3 nitrogen and oxygen atoms in total. The summed E-state index contributed by atoms with van der Waals surface area (Å²) < 4.78 is 11.4. The Labute approximate surface area is 164 Å². The number of benzene rings is 2. The lowest BCUT2D eigenvalue weighted by Gasteiger charge is -2.45. The molecule has 1 aliphatic heterocycles. The largest absolute Gasteiger partial charge is 0.497 e. The minimum Gasteiger partial charge on any atom is -0.497 e. The van der Waals surface area contributed by atoms with Crippen LogP contribution in [0.25, 0.3) is 0 Å². The van der Waals surface area contributed by atoms with Crippen LogP contribution in [-0.4, -0.2) is 25.9 Å². The third-order valence-electron chi connectivity index (χ3n) is 5.75. The highest BCUT2D eigenvalue weighted by Gasteiger charge is 2.41. The molecule has 1 N–H and O–H groups in total. The summed E-state index contributed by atoms with van der Waals surface area (Å²) in [6, 6.07) is 17.4. The zero-order chi connectivity index (χ0) is 19.3. The van der Waals surface area contributed by atoms with Crippen molar-refractivity contribution in [2.75, 3.05) is 20.3 Å². The highest BCUT2D eigenvalue weighted by atomic mass is 16.5. The summed E-state index contributed by atoms with van der Waals surface area (Å²) in [4.78, 5) is 0. The van der Waals surface area contributed by atoms with E-state index < -0.39 is 0 Å². The molecule has 1 heterocycles. The van der Waals surface area contributed by atoms with Crippen LogP contribution in [0, 0.1) is 6.92 Å². The molecule has 0 bridgehead atoms. The van der Waals surface area contributed by atoms with Crippen LogP contribution in [0.4, 0.5) is 0 Å². The lowest BCUT2D eigenvalue weighted by molar-refractivity contribution is -0.0840. The Morgan fingerprint density at radius 3 is 2.59 bits per heavy atom. The molecule has 2 aromatic rings. The van der Waals surface area contributed by atoms with E-state index in [2.05, 4.69) is 62.5 Å². The molecule has 146 valence electrons. The van der Waals surface area contributed by atoms with Crippen LogP contribution < -0.4 is 10.1 Å². The fourth-order valence-electron chi connectivity index (χ4n) is 4.33. The van der Waals surface area contributed by atoms with Gasteiger partial charge in [0.25, 0.3) is 0 Å². The SMILES string of the molecule is COc1cccc(CNCCC2(c3ccc(C)cc3)CCOC(C)(C)C2)c1. The van der Waals surface area contributed by atoms with Crippen molar-refractivity contribution >= 4 is 0 Å². The van der Waals surface area contributed by atoms with Gasteiger partial charge in [0.05, 0.1) is 12.7 Å². The molecule has 0 amide bonds. The summed E-state index contributed by atoms with van der Waals surface area (Å²) in [7, 11) is 1.71. The third-order valence-corrected chi connectivity index (χ3v) is 5.75. The van der Waals surface area contributed by atoms with E-state index in [1.165, 1.54) is 16.7 Å². The van der Waals surface area contributed by atoms with Crippen LogP contribution >= 0.6 is 0 Å². The molecule has 1 fully saturated rings. The van der Waals surface area contributed by atoms with E-state index in [0.717, 1.165) is 44.7 Å². The van der Waals surface area contributed by atoms with Crippen molar-refractivity contribution < 1.29 is 9.47 Å². The van der Waals surface area contributed by atoms with Gasteiger partial charge in [0.15, 0.2) is 0 Å². The highest BCUT2D eigenvalue weighted by molar-refractivity contribution is 5.30. The predicted molar refractivity (Wildman–Crippen MR) is 111 cm³/mol. The maximum absolute atomic E-state index is 6.03. The standard InChI is InChI=1S/C24H33NO2/c1-19-8-10-21(11-9-19)24(13-15-27-23(2,3)18-24)12-14-25-17-20-6-5-7-22(16-20)26-4/h5-11,16,25H,12-15,17-18H2,1-4H3. The minimum absolute atomic E-state index is 0.0735. The predicted octanol–water partition coefficient (Wildman–Crippen LogP) is 5.01. The molecule has 0 aliphatic carbocycles.